The maximum atomic E-state index is 11.7. The van der Waals surface area contributed by atoms with E-state index >= 15 is 0 Å². The van der Waals surface area contributed by atoms with Crippen LogP contribution in [0.5, 0.6) is 0 Å². The van der Waals surface area contributed by atoms with E-state index < -0.39 is 11.2 Å². The van der Waals surface area contributed by atoms with E-state index in [2.05, 4.69) is 18.1 Å². The number of rotatable bonds is 5. The molecule has 0 spiro atoms. The maximum absolute atomic E-state index is 11.7. The Labute approximate surface area is 204 Å². The molecule has 4 fully saturated rings. The van der Waals surface area contributed by atoms with Gasteiger partial charge in [0.25, 0.3) is 0 Å². The number of fused-ring (bicyclic) bond motifs is 5. The van der Waals surface area contributed by atoms with Crippen molar-refractivity contribution in [2.24, 2.45) is 46.8 Å². The van der Waals surface area contributed by atoms with Gasteiger partial charge in [-0.3, -0.25) is 4.68 Å². The molecular formula is C28H43N3O3. The number of nitrogens with zero attached hydrogens (tertiary/aromatic N) is 3. The summed E-state index contributed by atoms with van der Waals surface area (Å²) in [6, 6.07) is 2.14. The third kappa shape index (κ3) is 3.92. The van der Waals surface area contributed by atoms with Crippen LogP contribution in [0.2, 0.25) is 0 Å². The maximum Gasteiger partial charge on any atom is 0.102 e. The van der Waals surface area contributed by atoms with Gasteiger partial charge in [-0.25, -0.2) is 0 Å². The van der Waals surface area contributed by atoms with Gasteiger partial charge >= 0.3 is 0 Å². The van der Waals surface area contributed by atoms with Gasteiger partial charge in [0.1, 0.15) is 6.07 Å². The first-order valence-corrected chi connectivity index (χ1v) is 13.5. The first-order chi connectivity index (χ1) is 16.1. The van der Waals surface area contributed by atoms with E-state index in [1.54, 1.807) is 24.2 Å². The zero-order chi connectivity index (χ0) is 24.3. The molecule has 0 radical (unpaired) electrons. The number of aromatic nitrogens is 2. The van der Waals surface area contributed by atoms with Crippen LogP contribution < -0.4 is 0 Å². The van der Waals surface area contributed by atoms with E-state index in [1.165, 1.54) is 32.1 Å². The van der Waals surface area contributed by atoms with Crippen molar-refractivity contribution in [1.82, 2.24) is 9.78 Å². The summed E-state index contributed by atoms with van der Waals surface area (Å²) in [5.41, 5.74) is -0.766. The first-order valence-electron chi connectivity index (χ1n) is 13.5. The normalized spacial score (nSPS) is 45.5. The summed E-state index contributed by atoms with van der Waals surface area (Å²) in [7, 11) is 1.76. The number of hydrogen-bond acceptors (Lipinski definition) is 5. The highest BCUT2D eigenvalue weighted by molar-refractivity contribution is 5.21. The van der Waals surface area contributed by atoms with Gasteiger partial charge in [0.2, 0.25) is 0 Å². The average molecular weight is 470 g/mol. The van der Waals surface area contributed by atoms with Crippen LogP contribution in [-0.2, 0) is 11.3 Å². The lowest BCUT2D eigenvalue weighted by Crippen LogP contribution is -2.55. The van der Waals surface area contributed by atoms with Crippen LogP contribution in [0.1, 0.15) is 77.7 Å². The van der Waals surface area contributed by atoms with Crippen molar-refractivity contribution in [1.29, 1.82) is 5.26 Å². The van der Waals surface area contributed by atoms with Crippen LogP contribution in [-0.4, -0.2) is 44.9 Å². The van der Waals surface area contributed by atoms with Crippen LogP contribution in [0.15, 0.2) is 12.4 Å². The summed E-state index contributed by atoms with van der Waals surface area (Å²) in [6.45, 7) is 7.56. The minimum absolute atomic E-state index is 0.148. The predicted octanol–water partition coefficient (Wildman–Crippen LogP) is 4.40. The first kappa shape index (κ1) is 24.3. The van der Waals surface area contributed by atoms with E-state index in [4.69, 9.17) is 10.00 Å². The molecule has 4 saturated carbocycles. The highest BCUT2D eigenvalue weighted by Gasteiger charge is 2.61. The Morgan fingerprint density at radius 1 is 1.21 bits per heavy atom. The fourth-order valence-electron chi connectivity index (χ4n) is 9.55. The molecule has 1 aromatic heterocycles. The SMILES string of the molecule is COC[C@@H]1C[C@H]2[C@H](CC[C@@H]3[C@@H]2CC[C@]2(C)[C@@H](C(C)(O)Cn4cc(C#N)cn4)CC[C@@H]32)C[C@]1(C)O. The number of methoxy groups -OCH3 is 1. The number of aliphatic hydroxyl groups is 2. The van der Waals surface area contributed by atoms with Gasteiger partial charge in [0, 0.05) is 19.2 Å². The molecule has 0 aromatic carbocycles. The largest absolute Gasteiger partial charge is 0.390 e. The molecule has 4 aliphatic carbocycles. The van der Waals surface area contributed by atoms with Crippen LogP contribution >= 0.6 is 0 Å². The quantitative estimate of drug-likeness (QED) is 0.667. The van der Waals surface area contributed by atoms with Crippen molar-refractivity contribution in [3.8, 4) is 6.07 Å². The van der Waals surface area contributed by atoms with Crippen LogP contribution in [0, 0.1) is 58.2 Å². The summed E-state index contributed by atoms with van der Waals surface area (Å²) in [5, 5.41) is 36.3. The molecule has 34 heavy (non-hydrogen) atoms. The summed E-state index contributed by atoms with van der Waals surface area (Å²) >= 11 is 0. The van der Waals surface area contributed by atoms with E-state index in [1.807, 2.05) is 13.8 Å². The third-order valence-electron chi connectivity index (χ3n) is 11.0. The minimum Gasteiger partial charge on any atom is -0.390 e. The highest BCUT2D eigenvalue weighted by Crippen LogP contribution is 2.66. The summed E-state index contributed by atoms with van der Waals surface area (Å²) in [4.78, 5) is 0. The molecule has 0 amide bonds. The van der Waals surface area contributed by atoms with Crippen molar-refractivity contribution >= 4 is 0 Å². The fourth-order valence-corrected chi connectivity index (χ4v) is 9.55. The van der Waals surface area contributed by atoms with Crippen molar-refractivity contribution in [2.45, 2.75) is 89.9 Å². The van der Waals surface area contributed by atoms with Gasteiger partial charge < -0.3 is 14.9 Å². The molecular weight excluding hydrogens is 426 g/mol. The van der Waals surface area contributed by atoms with Gasteiger partial charge in [-0.15, -0.1) is 0 Å². The molecule has 1 unspecified atom stereocenters. The topological polar surface area (TPSA) is 91.3 Å². The monoisotopic (exact) mass is 469 g/mol. The minimum atomic E-state index is -0.848. The lowest BCUT2D eigenvalue weighted by molar-refractivity contribution is -0.148. The lowest BCUT2D eigenvalue weighted by atomic mass is 9.47. The molecule has 6 nitrogen and oxygen atoms in total. The van der Waals surface area contributed by atoms with E-state index in [9.17, 15) is 10.2 Å². The van der Waals surface area contributed by atoms with Gasteiger partial charge in [0.15, 0.2) is 0 Å². The Hall–Kier alpha value is -1.42. The number of nitriles is 1. The fraction of sp³-hybridized carbons (Fsp3) is 0.857. The second-order valence-electron chi connectivity index (χ2n) is 13.0. The molecule has 0 bridgehead atoms. The zero-order valence-corrected chi connectivity index (χ0v) is 21.4. The smallest absolute Gasteiger partial charge is 0.102 e. The van der Waals surface area contributed by atoms with Gasteiger partial charge in [-0.05, 0) is 106 Å². The van der Waals surface area contributed by atoms with E-state index in [0.717, 1.165) is 31.1 Å². The molecule has 4 aliphatic rings. The summed E-state index contributed by atoms with van der Waals surface area (Å²) in [6.07, 6.45) is 12.5. The molecule has 0 saturated heterocycles. The third-order valence-corrected chi connectivity index (χ3v) is 11.0. The zero-order valence-electron chi connectivity index (χ0n) is 21.4. The predicted molar refractivity (Wildman–Crippen MR) is 130 cm³/mol. The molecule has 10 atom stereocenters. The Balaban J connectivity index is 1.33. The number of ether oxygens (including phenoxy) is 1. The van der Waals surface area contributed by atoms with Crippen molar-refractivity contribution in [2.75, 3.05) is 13.7 Å². The Morgan fingerprint density at radius 2 is 2.00 bits per heavy atom. The summed E-state index contributed by atoms with van der Waals surface area (Å²) in [5.74, 6) is 3.98. The Morgan fingerprint density at radius 3 is 2.71 bits per heavy atom. The molecule has 1 aromatic rings. The van der Waals surface area contributed by atoms with Gasteiger partial charge in [-0.2, -0.15) is 10.4 Å². The number of hydrogen-bond donors (Lipinski definition) is 2. The lowest BCUT2D eigenvalue weighted by Gasteiger charge is -2.59. The van der Waals surface area contributed by atoms with Crippen LogP contribution in [0.25, 0.3) is 0 Å². The van der Waals surface area contributed by atoms with Gasteiger partial charge in [0.05, 0.1) is 36.1 Å². The van der Waals surface area contributed by atoms with Crippen LogP contribution in [0.4, 0.5) is 0 Å². The summed E-state index contributed by atoms with van der Waals surface area (Å²) < 4.78 is 7.26. The van der Waals surface area contributed by atoms with Gasteiger partial charge in [-0.1, -0.05) is 6.92 Å². The second kappa shape index (κ2) is 8.61. The molecule has 188 valence electrons. The Kier molecular flexibility index (Phi) is 6.15. The van der Waals surface area contributed by atoms with Crippen molar-refractivity contribution < 1.29 is 14.9 Å². The van der Waals surface area contributed by atoms with E-state index in [0.29, 0.717) is 36.5 Å². The highest BCUT2D eigenvalue weighted by atomic mass is 16.5. The molecule has 0 aliphatic heterocycles. The van der Waals surface area contributed by atoms with Crippen molar-refractivity contribution in [3.05, 3.63) is 18.0 Å². The average Bonchev–Trinajstić information content (AvgIpc) is 3.37. The molecule has 5 rings (SSSR count). The molecule has 1 heterocycles. The van der Waals surface area contributed by atoms with Crippen molar-refractivity contribution in [3.63, 3.8) is 0 Å². The second-order valence-corrected chi connectivity index (χ2v) is 13.0. The molecule has 2 N–H and O–H groups in total. The Bertz CT molecular complexity index is 934. The standard InChI is InChI=1S/C28H43N3O3/c1-26-10-9-21-22(6-5-19-12-27(2,32)20(16-34-4)11-23(19)21)24(26)7-8-25(26)28(3,33)17-31-15-18(13-29)14-30-31/h14-15,19-25,32-33H,5-12,16-17H2,1-4H3/t19-,20+,21+,22-,23+,24+,25+,26+,27+,28?/m1/s1. The van der Waals surface area contributed by atoms with Crippen LogP contribution in [0.3, 0.4) is 0 Å². The van der Waals surface area contributed by atoms with E-state index in [-0.39, 0.29) is 17.3 Å². The molecule has 6 heteroatoms.